The van der Waals surface area contributed by atoms with Gasteiger partial charge in [-0.1, -0.05) is 13.3 Å². The monoisotopic (exact) mass is 241 g/mol. The van der Waals surface area contributed by atoms with Gasteiger partial charge in [0, 0.05) is 12.5 Å². The fraction of sp³-hybridized carbons (Fsp3) is 1.00. The van der Waals surface area contributed by atoms with E-state index < -0.39 is 15.6 Å². The second-order valence-electron chi connectivity index (χ2n) is 3.38. The van der Waals surface area contributed by atoms with Crippen LogP contribution in [0.3, 0.4) is 0 Å². The van der Waals surface area contributed by atoms with Crippen molar-refractivity contribution >= 4 is 10.1 Å². The van der Waals surface area contributed by atoms with Gasteiger partial charge in [0.05, 0.1) is 6.61 Å². The molecule has 0 saturated heterocycles. The molecule has 4 N–H and O–H groups in total. The van der Waals surface area contributed by atoms with Crippen molar-refractivity contribution in [1.29, 1.82) is 0 Å². The number of aliphatic hydroxyl groups is 2. The number of hydrogen-bond acceptors (Lipinski definition) is 5. The fourth-order valence-electron chi connectivity index (χ4n) is 1.17. The topological polar surface area (TPSA) is 107 Å². The second-order valence-corrected chi connectivity index (χ2v) is 4.95. The molecule has 0 aliphatic rings. The molecule has 2 atom stereocenters. The molecule has 0 aromatic rings. The highest BCUT2D eigenvalue weighted by Gasteiger charge is 2.19. The third-order valence-electron chi connectivity index (χ3n) is 2.03. The molecule has 92 valence electrons. The Labute approximate surface area is 90.1 Å². The molecule has 0 aromatic carbocycles. The molecule has 0 aliphatic carbocycles. The maximum atomic E-state index is 10.4. The minimum absolute atomic E-state index is 0.0319. The minimum atomic E-state index is -4.37. The van der Waals surface area contributed by atoms with Gasteiger partial charge in [-0.3, -0.25) is 4.55 Å². The van der Waals surface area contributed by atoms with E-state index in [0.29, 0.717) is 0 Å². The summed E-state index contributed by atoms with van der Waals surface area (Å²) >= 11 is 0. The fourth-order valence-corrected chi connectivity index (χ4v) is 1.58. The summed E-state index contributed by atoms with van der Waals surface area (Å²) in [6.07, 6.45) is 1.58. The van der Waals surface area contributed by atoms with E-state index in [2.05, 4.69) is 5.32 Å². The minimum Gasteiger partial charge on any atom is -0.395 e. The van der Waals surface area contributed by atoms with Gasteiger partial charge in [-0.2, -0.15) is 8.42 Å². The Morgan fingerprint density at radius 3 is 2.33 bits per heavy atom. The Kier molecular flexibility index (Phi) is 7.03. The van der Waals surface area contributed by atoms with E-state index in [0.717, 1.165) is 12.8 Å². The van der Waals surface area contributed by atoms with Gasteiger partial charge >= 0.3 is 0 Å². The van der Waals surface area contributed by atoms with Gasteiger partial charge in [-0.15, -0.1) is 0 Å². The molecule has 0 aliphatic heterocycles. The Hall–Kier alpha value is -0.210. The van der Waals surface area contributed by atoms with E-state index in [1.54, 1.807) is 0 Å². The van der Waals surface area contributed by atoms with Crippen molar-refractivity contribution in [3.8, 4) is 0 Å². The summed E-state index contributed by atoms with van der Waals surface area (Å²) in [7, 11) is -4.37. The van der Waals surface area contributed by atoms with Crippen LogP contribution in [0, 0.1) is 0 Å². The summed E-state index contributed by atoms with van der Waals surface area (Å²) < 4.78 is 29.3. The van der Waals surface area contributed by atoms with Crippen molar-refractivity contribution in [2.24, 2.45) is 0 Å². The zero-order chi connectivity index (χ0) is 11.9. The van der Waals surface area contributed by atoms with Crippen molar-refractivity contribution < 1.29 is 23.2 Å². The lowest BCUT2D eigenvalue weighted by Crippen LogP contribution is -2.35. The SMILES string of the molecule is CCCC(CO)NCCC(O)S(=O)(=O)O. The first-order valence-corrected chi connectivity index (χ1v) is 6.40. The summed E-state index contributed by atoms with van der Waals surface area (Å²) in [5, 5.41) is 20.7. The molecule has 6 nitrogen and oxygen atoms in total. The quantitative estimate of drug-likeness (QED) is 0.420. The Balaban J connectivity index is 3.78. The lowest BCUT2D eigenvalue weighted by atomic mass is 10.2. The standard InChI is InChI=1S/C8H19NO5S/c1-2-3-7(6-10)9-5-4-8(11)15(12,13)14/h7-11H,2-6H2,1H3,(H,12,13,14). The van der Waals surface area contributed by atoms with Crippen molar-refractivity contribution in [1.82, 2.24) is 5.32 Å². The van der Waals surface area contributed by atoms with Crippen LogP contribution in [0.15, 0.2) is 0 Å². The number of rotatable bonds is 8. The number of nitrogens with one attached hydrogen (secondary N) is 1. The van der Waals surface area contributed by atoms with E-state index in [1.165, 1.54) is 0 Å². The van der Waals surface area contributed by atoms with Crippen LogP contribution in [0.2, 0.25) is 0 Å². The smallest absolute Gasteiger partial charge is 0.292 e. The first-order chi connectivity index (χ1) is 6.91. The molecule has 0 aromatic heterocycles. The van der Waals surface area contributed by atoms with E-state index >= 15 is 0 Å². The van der Waals surface area contributed by atoms with Crippen molar-refractivity contribution in [3.05, 3.63) is 0 Å². The van der Waals surface area contributed by atoms with Crippen molar-refractivity contribution in [2.45, 2.75) is 37.7 Å². The average molecular weight is 241 g/mol. The first kappa shape index (κ1) is 14.8. The molecule has 0 fully saturated rings. The number of aliphatic hydroxyl groups excluding tert-OH is 2. The molecule has 2 unspecified atom stereocenters. The van der Waals surface area contributed by atoms with E-state index in [9.17, 15) is 8.42 Å². The molecule has 0 rings (SSSR count). The average Bonchev–Trinajstić information content (AvgIpc) is 2.14. The molecule has 0 spiro atoms. The zero-order valence-electron chi connectivity index (χ0n) is 8.76. The van der Waals surface area contributed by atoms with Gasteiger partial charge in [0.25, 0.3) is 10.1 Å². The van der Waals surface area contributed by atoms with Crippen LogP contribution in [0.25, 0.3) is 0 Å². The lowest BCUT2D eigenvalue weighted by Gasteiger charge is -2.15. The van der Waals surface area contributed by atoms with Gasteiger partial charge in [-0.05, 0) is 13.0 Å². The third-order valence-corrected chi connectivity index (χ3v) is 2.95. The van der Waals surface area contributed by atoms with Crippen LogP contribution >= 0.6 is 0 Å². The highest BCUT2D eigenvalue weighted by molar-refractivity contribution is 7.86. The van der Waals surface area contributed by atoms with Crippen LogP contribution in [0.4, 0.5) is 0 Å². The second kappa shape index (κ2) is 7.13. The molecule has 0 amide bonds. The molecular formula is C8H19NO5S. The van der Waals surface area contributed by atoms with E-state index in [4.69, 9.17) is 14.8 Å². The van der Waals surface area contributed by atoms with Gasteiger partial charge in [0.1, 0.15) is 0 Å². The Morgan fingerprint density at radius 2 is 1.93 bits per heavy atom. The largest absolute Gasteiger partial charge is 0.395 e. The lowest BCUT2D eigenvalue weighted by molar-refractivity contribution is 0.206. The summed E-state index contributed by atoms with van der Waals surface area (Å²) in [5.74, 6) is 0. The maximum Gasteiger partial charge on any atom is 0.292 e. The van der Waals surface area contributed by atoms with E-state index in [1.807, 2.05) is 6.92 Å². The maximum absolute atomic E-state index is 10.4. The molecular weight excluding hydrogens is 222 g/mol. The third kappa shape index (κ3) is 6.80. The van der Waals surface area contributed by atoms with Crippen LogP contribution in [-0.2, 0) is 10.1 Å². The van der Waals surface area contributed by atoms with Crippen LogP contribution < -0.4 is 5.32 Å². The molecule has 0 saturated carbocycles. The van der Waals surface area contributed by atoms with Crippen molar-refractivity contribution in [3.63, 3.8) is 0 Å². The van der Waals surface area contributed by atoms with Gasteiger partial charge < -0.3 is 15.5 Å². The molecule has 15 heavy (non-hydrogen) atoms. The van der Waals surface area contributed by atoms with Gasteiger partial charge in [0.15, 0.2) is 5.44 Å². The molecule has 7 heteroatoms. The summed E-state index contributed by atoms with van der Waals surface area (Å²) in [6.45, 7) is 2.17. The predicted octanol–water partition coefficient (Wildman–Crippen LogP) is -0.667. The predicted molar refractivity (Wildman–Crippen MR) is 56.0 cm³/mol. The first-order valence-electron chi connectivity index (χ1n) is 4.90. The summed E-state index contributed by atoms with van der Waals surface area (Å²) in [6, 6.07) is -0.0939. The highest BCUT2D eigenvalue weighted by atomic mass is 32.2. The number of hydrogen-bond donors (Lipinski definition) is 4. The van der Waals surface area contributed by atoms with Crippen LogP contribution in [0.1, 0.15) is 26.2 Å². The summed E-state index contributed by atoms with van der Waals surface area (Å²) in [4.78, 5) is 0. The van der Waals surface area contributed by atoms with E-state index in [-0.39, 0.29) is 25.6 Å². The Bertz CT molecular complexity index is 254. The molecule has 0 bridgehead atoms. The van der Waals surface area contributed by atoms with Crippen molar-refractivity contribution in [2.75, 3.05) is 13.2 Å². The Morgan fingerprint density at radius 1 is 1.33 bits per heavy atom. The van der Waals surface area contributed by atoms with Gasteiger partial charge in [-0.25, -0.2) is 0 Å². The van der Waals surface area contributed by atoms with Gasteiger partial charge in [0.2, 0.25) is 0 Å². The van der Waals surface area contributed by atoms with Crippen LogP contribution in [-0.4, -0.2) is 47.8 Å². The molecule has 0 heterocycles. The highest BCUT2D eigenvalue weighted by Crippen LogP contribution is 2.00. The molecule has 0 radical (unpaired) electrons. The normalized spacial score (nSPS) is 16.3. The van der Waals surface area contributed by atoms with Crippen LogP contribution in [0.5, 0.6) is 0 Å². The summed E-state index contributed by atoms with van der Waals surface area (Å²) in [5.41, 5.74) is -1.76. The zero-order valence-corrected chi connectivity index (χ0v) is 9.57.